The quantitative estimate of drug-likeness (QED) is 0.683. The number of aromatic nitrogens is 1. The fraction of sp³-hybridized carbons (Fsp3) is 0.500. The van der Waals surface area contributed by atoms with Crippen molar-refractivity contribution in [2.75, 3.05) is 6.54 Å². The third-order valence-electron chi connectivity index (χ3n) is 4.20. The molecule has 0 unspecified atom stereocenters. The summed E-state index contributed by atoms with van der Waals surface area (Å²) in [6.45, 7) is 9.57. The van der Waals surface area contributed by atoms with Gasteiger partial charge in [0.2, 0.25) is 11.9 Å². The van der Waals surface area contributed by atoms with Crippen LogP contribution in [0.4, 0.5) is 4.39 Å². The lowest BCUT2D eigenvalue weighted by Gasteiger charge is -2.32. The van der Waals surface area contributed by atoms with E-state index in [9.17, 15) is 9.18 Å². The van der Waals surface area contributed by atoms with E-state index in [1.165, 1.54) is 19.2 Å². The standard InChI is InChI=1S/C16H22BFN2O3/c1-11(21)19-10-13(8-12-6-7-14(18)20-9-12)17-22-15(2,3)16(4,5)23-17/h6-9H,10H2,1-5H3,(H,19,21). The van der Waals surface area contributed by atoms with Crippen LogP contribution in [0.2, 0.25) is 0 Å². The van der Waals surface area contributed by atoms with E-state index in [1.54, 1.807) is 12.1 Å². The molecule has 0 aromatic carbocycles. The van der Waals surface area contributed by atoms with Gasteiger partial charge >= 0.3 is 7.12 Å². The van der Waals surface area contributed by atoms with Gasteiger partial charge in [0.1, 0.15) is 0 Å². The molecule has 23 heavy (non-hydrogen) atoms. The van der Waals surface area contributed by atoms with Crippen LogP contribution in [0.5, 0.6) is 0 Å². The van der Waals surface area contributed by atoms with Crippen molar-refractivity contribution < 1.29 is 18.5 Å². The minimum Gasteiger partial charge on any atom is -0.400 e. The minimum absolute atomic E-state index is 0.148. The number of amides is 1. The molecule has 1 aliphatic rings. The Labute approximate surface area is 136 Å². The van der Waals surface area contributed by atoms with Gasteiger partial charge in [-0.15, -0.1) is 0 Å². The van der Waals surface area contributed by atoms with E-state index < -0.39 is 24.3 Å². The van der Waals surface area contributed by atoms with Crippen LogP contribution in [0, 0.1) is 5.95 Å². The highest BCUT2D eigenvalue weighted by Crippen LogP contribution is 2.38. The van der Waals surface area contributed by atoms with E-state index in [-0.39, 0.29) is 12.5 Å². The molecule has 7 heteroatoms. The van der Waals surface area contributed by atoms with E-state index in [0.717, 1.165) is 5.47 Å². The maximum atomic E-state index is 12.9. The number of rotatable bonds is 4. The van der Waals surface area contributed by atoms with Crippen LogP contribution in [-0.4, -0.2) is 35.8 Å². The molecule has 0 aliphatic carbocycles. The zero-order valence-electron chi connectivity index (χ0n) is 14.1. The summed E-state index contributed by atoms with van der Waals surface area (Å²) >= 11 is 0. The number of carbonyl (C=O) groups excluding carboxylic acids is 1. The van der Waals surface area contributed by atoms with Crippen molar-refractivity contribution in [1.82, 2.24) is 10.3 Å². The van der Waals surface area contributed by atoms with Crippen LogP contribution in [0.1, 0.15) is 40.2 Å². The van der Waals surface area contributed by atoms with E-state index >= 15 is 0 Å². The van der Waals surface area contributed by atoms with Crippen molar-refractivity contribution in [3.63, 3.8) is 0 Å². The lowest BCUT2D eigenvalue weighted by molar-refractivity contribution is -0.118. The summed E-state index contributed by atoms with van der Waals surface area (Å²) in [7, 11) is -0.586. The second-order valence-corrected chi connectivity index (χ2v) is 6.63. The van der Waals surface area contributed by atoms with Crippen molar-refractivity contribution in [3.05, 3.63) is 35.3 Å². The molecule has 1 aliphatic heterocycles. The number of nitrogens with one attached hydrogen (secondary N) is 1. The van der Waals surface area contributed by atoms with Crippen molar-refractivity contribution in [3.8, 4) is 0 Å². The summed E-state index contributed by atoms with van der Waals surface area (Å²) in [6, 6.07) is 2.90. The van der Waals surface area contributed by atoms with Gasteiger partial charge in [0.25, 0.3) is 0 Å². The highest BCUT2D eigenvalue weighted by atomic mass is 19.1. The lowest BCUT2D eigenvalue weighted by atomic mass is 9.77. The topological polar surface area (TPSA) is 60.5 Å². The van der Waals surface area contributed by atoms with Gasteiger partial charge in [-0.05, 0) is 50.9 Å². The average Bonchev–Trinajstić information content (AvgIpc) is 2.65. The van der Waals surface area contributed by atoms with Crippen molar-refractivity contribution in [1.29, 1.82) is 0 Å². The van der Waals surface area contributed by atoms with Crippen LogP contribution in [0.25, 0.3) is 6.08 Å². The molecule has 1 aromatic heterocycles. The number of hydrogen-bond acceptors (Lipinski definition) is 4. The third kappa shape index (κ3) is 4.17. The summed E-state index contributed by atoms with van der Waals surface area (Å²) in [6.07, 6.45) is 3.22. The normalized spacial score (nSPS) is 19.7. The Balaban J connectivity index is 2.28. The van der Waals surface area contributed by atoms with Gasteiger partial charge in [-0.25, -0.2) is 4.98 Å². The fourth-order valence-corrected chi connectivity index (χ4v) is 2.11. The fourth-order valence-electron chi connectivity index (χ4n) is 2.11. The number of nitrogens with zero attached hydrogens (tertiary/aromatic N) is 1. The monoisotopic (exact) mass is 320 g/mol. The molecule has 1 amide bonds. The number of halogens is 1. The highest BCUT2D eigenvalue weighted by Gasteiger charge is 2.52. The van der Waals surface area contributed by atoms with Gasteiger partial charge in [0.05, 0.1) is 11.2 Å². The Morgan fingerprint density at radius 2 is 1.91 bits per heavy atom. The van der Waals surface area contributed by atoms with Gasteiger partial charge < -0.3 is 14.6 Å². The molecule has 1 aromatic rings. The van der Waals surface area contributed by atoms with Crippen LogP contribution in [0.15, 0.2) is 23.8 Å². The molecule has 2 heterocycles. The van der Waals surface area contributed by atoms with Gasteiger partial charge in [-0.1, -0.05) is 6.08 Å². The molecule has 1 saturated heterocycles. The Bertz CT molecular complexity index is 598. The molecule has 0 bridgehead atoms. The van der Waals surface area contributed by atoms with Gasteiger partial charge in [-0.3, -0.25) is 4.79 Å². The lowest BCUT2D eigenvalue weighted by Crippen LogP contribution is -2.41. The van der Waals surface area contributed by atoms with E-state index in [4.69, 9.17) is 9.31 Å². The molecular formula is C16H22BFN2O3. The second kappa shape index (κ2) is 6.41. The summed E-state index contributed by atoms with van der Waals surface area (Å²) in [5.74, 6) is -0.689. The summed E-state index contributed by atoms with van der Waals surface area (Å²) in [5.41, 5.74) is 0.496. The first kappa shape index (κ1) is 17.6. The highest BCUT2D eigenvalue weighted by molar-refractivity contribution is 6.56. The molecule has 1 N–H and O–H groups in total. The summed E-state index contributed by atoms with van der Waals surface area (Å²) in [4.78, 5) is 14.9. The molecule has 0 saturated carbocycles. The predicted molar refractivity (Wildman–Crippen MR) is 86.9 cm³/mol. The zero-order chi connectivity index (χ0) is 17.3. The number of carbonyl (C=O) groups is 1. The smallest absolute Gasteiger partial charge is 0.400 e. The molecule has 0 spiro atoms. The Hall–Kier alpha value is -1.73. The molecule has 0 atom stereocenters. The molecule has 2 rings (SSSR count). The molecule has 0 radical (unpaired) electrons. The second-order valence-electron chi connectivity index (χ2n) is 6.63. The largest absolute Gasteiger partial charge is 0.492 e. The van der Waals surface area contributed by atoms with Crippen LogP contribution in [-0.2, 0) is 14.1 Å². The van der Waals surface area contributed by atoms with Crippen LogP contribution >= 0.6 is 0 Å². The molecule has 5 nitrogen and oxygen atoms in total. The first-order chi connectivity index (χ1) is 10.6. The van der Waals surface area contributed by atoms with Gasteiger partial charge in [0, 0.05) is 19.7 Å². The maximum Gasteiger partial charge on any atom is 0.492 e. The number of hydrogen-bond donors (Lipinski definition) is 1. The summed E-state index contributed by atoms with van der Waals surface area (Å²) < 4.78 is 25.0. The van der Waals surface area contributed by atoms with E-state index in [2.05, 4.69) is 10.3 Å². The number of pyridine rings is 1. The van der Waals surface area contributed by atoms with Crippen LogP contribution in [0.3, 0.4) is 0 Å². The predicted octanol–water partition coefficient (Wildman–Crippen LogP) is 2.37. The van der Waals surface area contributed by atoms with Gasteiger partial charge in [0.15, 0.2) is 0 Å². The minimum atomic E-state index is -0.586. The van der Waals surface area contributed by atoms with Crippen LogP contribution < -0.4 is 5.32 Å². The maximum absolute atomic E-state index is 12.9. The SMILES string of the molecule is CC(=O)NCC(=Cc1ccc(F)nc1)B1OC(C)(C)C(C)(C)O1. The summed E-state index contributed by atoms with van der Waals surface area (Å²) in [5, 5.41) is 2.75. The Kier molecular flexibility index (Phi) is 4.91. The first-order valence-corrected chi connectivity index (χ1v) is 7.53. The van der Waals surface area contributed by atoms with E-state index in [1.807, 2.05) is 27.7 Å². The van der Waals surface area contributed by atoms with Crippen molar-refractivity contribution in [2.24, 2.45) is 0 Å². The Morgan fingerprint density at radius 1 is 1.30 bits per heavy atom. The molecule has 124 valence electrons. The molecular weight excluding hydrogens is 298 g/mol. The van der Waals surface area contributed by atoms with Crippen molar-refractivity contribution in [2.45, 2.75) is 45.8 Å². The first-order valence-electron chi connectivity index (χ1n) is 7.53. The van der Waals surface area contributed by atoms with Gasteiger partial charge in [-0.2, -0.15) is 4.39 Å². The van der Waals surface area contributed by atoms with Crippen molar-refractivity contribution >= 4 is 19.1 Å². The average molecular weight is 320 g/mol. The molecule has 1 fully saturated rings. The Morgan fingerprint density at radius 3 is 2.39 bits per heavy atom. The third-order valence-corrected chi connectivity index (χ3v) is 4.20. The van der Waals surface area contributed by atoms with E-state index in [0.29, 0.717) is 5.56 Å². The zero-order valence-corrected chi connectivity index (χ0v) is 14.1.